The van der Waals surface area contributed by atoms with Crippen molar-refractivity contribution < 1.29 is 18.0 Å². The molecule has 2 aromatic rings. The largest absolute Gasteiger partial charge is 0.416 e. The molecular weight excluding hydrogens is 357 g/mol. The highest BCUT2D eigenvalue weighted by molar-refractivity contribution is 8.04. The molecule has 0 aliphatic carbocycles. The average Bonchev–Trinajstić information content (AvgIpc) is 2.56. The lowest BCUT2D eigenvalue weighted by Gasteiger charge is -2.31. The smallest absolute Gasteiger partial charge is 0.278 e. The maximum atomic E-state index is 13.0. The normalized spacial score (nSPS) is 13.0. The molecule has 3 rings (SSSR count). The number of anilines is 2. The van der Waals surface area contributed by atoms with E-state index in [4.69, 9.17) is 5.26 Å². The Kier molecular flexibility index (Phi) is 4.47. The zero-order valence-corrected chi connectivity index (χ0v) is 13.6. The van der Waals surface area contributed by atoms with Crippen LogP contribution in [0.4, 0.5) is 24.5 Å². The second-order valence-corrected chi connectivity index (χ2v) is 6.70. The Labute approximate surface area is 144 Å². The zero-order valence-electron chi connectivity index (χ0n) is 12.0. The fraction of sp³-hybridized carbons (Fsp3) is 0.125. The van der Waals surface area contributed by atoms with Crippen molar-refractivity contribution in [2.24, 2.45) is 0 Å². The van der Waals surface area contributed by atoms with Gasteiger partial charge in [0.15, 0.2) is 0 Å². The van der Waals surface area contributed by atoms with Crippen LogP contribution in [-0.2, 0) is 11.0 Å². The Morgan fingerprint density at radius 1 is 1.17 bits per heavy atom. The molecule has 0 fully saturated rings. The van der Waals surface area contributed by atoms with Crippen LogP contribution in [0.5, 0.6) is 0 Å². The number of rotatable bonds is 2. The summed E-state index contributed by atoms with van der Waals surface area (Å²) in [6.07, 6.45) is -4.49. The molecule has 2 aromatic carbocycles. The van der Waals surface area contributed by atoms with E-state index in [9.17, 15) is 18.0 Å². The van der Waals surface area contributed by atoms with E-state index in [-0.39, 0.29) is 11.4 Å². The first-order valence-corrected chi connectivity index (χ1v) is 8.54. The quantitative estimate of drug-likeness (QED) is 0.698. The first kappa shape index (κ1) is 16.7. The molecular formula is C16H9F3N2OS2. The SMILES string of the molecule is N#CSCC(=O)N1c2ccccc2Sc2ccc(C(F)(F)F)cc21. The number of thiocyanates is 1. The van der Waals surface area contributed by atoms with E-state index in [1.807, 2.05) is 0 Å². The number of fused-ring (bicyclic) bond motifs is 2. The fourth-order valence-electron chi connectivity index (χ4n) is 2.36. The Balaban J connectivity index is 2.13. The van der Waals surface area contributed by atoms with Gasteiger partial charge in [-0.2, -0.15) is 18.4 Å². The van der Waals surface area contributed by atoms with Crippen LogP contribution in [0.25, 0.3) is 0 Å². The third kappa shape index (κ3) is 3.09. The highest BCUT2D eigenvalue weighted by Crippen LogP contribution is 2.49. The number of para-hydroxylation sites is 1. The van der Waals surface area contributed by atoms with Crippen molar-refractivity contribution in [3.63, 3.8) is 0 Å². The molecule has 0 spiro atoms. The topological polar surface area (TPSA) is 44.1 Å². The first-order valence-electron chi connectivity index (χ1n) is 6.74. The van der Waals surface area contributed by atoms with Gasteiger partial charge >= 0.3 is 6.18 Å². The number of halogens is 3. The number of hydrogen-bond acceptors (Lipinski definition) is 4. The van der Waals surface area contributed by atoms with Gasteiger partial charge in [-0.3, -0.25) is 9.69 Å². The number of carbonyl (C=O) groups excluding carboxylic acids is 1. The molecule has 0 unspecified atom stereocenters. The lowest BCUT2D eigenvalue weighted by atomic mass is 10.1. The number of benzene rings is 2. The molecule has 1 amide bonds. The molecule has 0 saturated carbocycles. The number of thioether (sulfide) groups is 1. The van der Waals surface area contributed by atoms with Gasteiger partial charge in [-0.15, -0.1) is 0 Å². The number of amides is 1. The van der Waals surface area contributed by atoms with Crippen molar-refractivity contribution >= 4 is 40.8 Å². The van der Waals surface area contributed by atoms with Crippen molar-refractivity contribution in [1.29, 1.82) is 5.26 Å². The summed E-state index contributed by atoms with van der Waals surface area (Å²) >= 11 is 2.07. The Hall–Kier alpha value is -2.11. The van der Waals surface area contributed by atoms with Gasteiger partial charge in [0.2, 0.25) is 5.91 Å². The predicted octanol–water partition coefficient (Wildman–Crippen LogP) is 5.05. The van der Waals surface area contributed by atoms with E-state index < -0.39 is 17.6 Å². The van der Waals surface area contributed by atoms with Gasteiger partial charge < -0.3 is 0 Å². The van der Waals surface area contributed by atoms with Crippen molar-refractivity contribution in [3.05, 3.63) is 48.0 Å². The summed E-state index contributed by atoms with van der Waals surface area (Å²) in [5.41, 5.74) is -0.0955. The van der Waals surface area contributed by atoms with Crippen molar-refractivity contribution in [2.75, 3.05) is 10.7 Å². The second-order valence-electron chi connectivity index (χ2n) is 4.86. The highest BCUT2D eigenvalue weighted by Gasteiger charge is 2.34. The summed E-state index contributed by atoms with van der Waals surface area (Å²) in [5, 5.41) is 10.4. The van der Waals surface area contributed by atoms with Gasteiger partial charge in [0.1, 0.15) is 5.40 Å². The van der Waals surface area contributed by atoms with Crippen LogP contribution in [0.1, 0.15) is 5.56 Å². The van der Waals surface area contributed by atoms with E-state index >= 15 is 0 Å². The van der Waals surface area contributed by atoms with Gasteiger partial charge in [0, 0.05) is 9.79 Å². The van der Waals surface area contributed by atoms with E-state index in [1.54, 1.807) is 29.7 Å². The lowest BCUT2D eigenvalue weighted by Crippen LogP contribution is -2.30. The molecule has 1 heterocycles. The maximum absolute atomic E-state index is 13.0. The summed E-state index contributed by atoms with van der Waals surface area (Å²) in [4.78, 5) is 15.1. The summed E-state index contributed by atoms with van der Waals surface area (Å²) in [7, 11) is 0. The van der Waals surface area contributed by atoms with E-state index in [0.717, 1.165) is 28.8 Å². The number of alkyl halides is 3. The second kappa shape index (κ2) is 6.42. The van der Waals surface area contributed by atoms with Crippen molar-refractivity contribution in [2.45, 2.75) is 16.0 Å². The third-order valence-electron chi connectivity index (χ3n) is 3.36. The summed E-state index contributed by atoms with van der Waals surface area (Å²) in [6.45, 7) is 0. The highest BCUT2D eigenvalue weighted by atomic mass is 32.2. The Morgan fingerprint density at radius 3 is 2.58 bits per heavy atom. The Morgan fingerprint density at radius 2 is 1.88 bits per heavy atom. The molecule has 3 nitrogen and oxygen atoms in total. The monoisotopic (exact) mass is 366 g/mol. The minimum absolute atomic E-state index is 0.134. The number of carbonyl (C=O) groups is 1. The standard InChI is InChI=1S/C16H9F3N2OS2/c17-16(18,19)10-5-6-14-12(7-10)21(15(22)8-23-9-20)11-3-1-2-4-13(11)24-14/h1-7H,8H2. The first-order chi connectivity index (χ1) is 11.4. The lowest BCUT2D eigenvalue weighted by molar-refractivity contribution is -0.137. The third-order valence-corrected chi connectivity index (χ3v) is 5.01. The van der Waals surface area contributed by atoms with E-state index in [2.05, 4.69) is 0 Å². The van der Waals surface area contributed by atoms with Crippen LogP contribution in [0.15, 0.2) is 52.3 Å². The molecule has 8 heteroatoms. The average molecular weight is 366 g/mol. The van der Waals surface area contributed by atoms with Crippen LogP contribution in [-0.4, -0.2) is 11.7 Å². The molecule has 0 saturated heterocycles. The molecule has 0 radical (unpaired) electrons. The molecule has 0 aromatic heterocycles. The maximum Gasteiger partial charge on any atom is 0.416 e. The number of hydrogen-bond donors (Lipinski definition) is 0. The number of nitriles is 1. The van der Waals surface area contributed by atoms with Gasteiger partial charge in [0.25, 0.3) is 0 Å². The predicted molar refractivity (Wildman–Crippen MR) is 87.2 cm³/mol. The van der Waals surface area contributed by atoms with Crippen LogP contribution in [0, 0.1) is 10.7 Å². The van der Waals surface area contributed by atoms with E-state index in [1.165, 1.54) is 22.7 Å². The summed E-state index contributed by atoms with van der Waals surface area (Å²) < 4.78 is 39.1. The molecule has 0 atom stereocenters. The van der Waals surface area contributed by atoms with Gasteiger partial charge in [-0.25, -0.2) is 0 Å². The Bertz CT molecular complexity index is 846. The van der Waals surface area contributed by atoms with Gasteiger partial charge in [0.05, 0.1) is 22.7 Å². The molecule has 1 aliphatic heterocycles. The van der Waals surface area contributed by atoms with Crippen molar-refractivity contribution in [1.82, 2.24) is 0 Å². The molecule has 24 heavy (non-hydrogen) atoms. The van der Waals surface area contributed by atoms with Crippen molar-refractivity contribution in [3.8, 4) is 5.40 Å². The van der Waals surface area contributed by atoms with Gasteiger partial charge in [-0.05, 0) is 42.1 Å². The minimum Gasteiger partial charge on any atom is -0.278 e. The molecule has 122 valence electrons. The summed E-state index contributed by atoms with van der Waals surface area (Å²) in [5.74, 6) is -0.569. The minimum atomic E-state index is -4.49. The molecule has 1 aliphatic rings. The summed E-state index contributed by atoms with van der Waals surface area (Å²) in [6, 6.07) is 10.4. The van der Waals surface area contributed by atoms with Gasteiger partial charge in [-0.1, -0.05) is 23.9 Å². The van der Waals surface area contributed by atoms with Crippen LogP contribution < -0.4 is 4.90 Å². The van der Waals surface area contributed by atoms with E-state index in [0.29, 0.717) is 10.6 Å². The molecule has 0 bridgehead atoms. The van der Waals surface area contributed by atoms with Crippen LogP contribution >= 0.6 is 23.5 Å². The van der Waals surface area contributed by atoms with Crippen LogP contribution in [0.2, 0.25) is 0 Å². The zero-order chi connectivity index (χ0) is 17.3. The number of nitrogens with zero attached hydrogens (tertiary/aromatic N) is 2. The fourth-order valence-corrected chi connectivity index (χ4v) is 3.71. The van der Waals surface area contributed by atoms with Crippen LogP contribution in [0.3, 0.4) is 0 Å². The molecule has 0 N–H and O–H groups in total.